The van der Waals surface area contributed by atoms with E-state index in [-0.39, 0.29) is 16.3 Å². The summed E-state index contributed by atoms with van der Waals surface area (Å²) in [7, 11) is 0. The molecule has 0 aliphatic heterocycles. The first-order valence-electron chi connectivity index (χ1n) is 7.39. The SMILES string of the molecule is O=C(ON=C(c1ccc([N+](=O)[O-])cc1)c1cccs1)c1ccccc1Cl. The predicted molar refractivity (Wildman–Crippen MR) is 99.9 cm³/mol. The summed E-state index contributed by atoms with van der Waals surface area (Å²) < 4.78 is 0. The van der Waals surface area contributed by atoms with Crippen molar-refractivity contribution in [2.45, 2.75) is 0 Å². The smallest absolute Gasteiger partial charge is 0.312 e. The highest BCUT2D eigenvalue weighted by atomic mass is 35.5. The van der Waals surface area contributed by atoms with Gasteiger partial charge in [-0.05, 0) is 35.7 Å². The molecule has 0 N–H and O–H groups in total. The lowest BCUT2D eigenvalue weighted by Crippen LogP contribution is -2.07. The van der Waals surface area contributed by atoms with Crippen molar-refractivity contribution in [2.24, 2.45) is 5.16 Å². The molecule has 0 atom stereocenters. The van der Waals surface area contributed by atoms with E-state index in [0.29, 0.717) is 11.3 Å². The molecule has 0 saturated carbocycles. The lowest BCUT2D eigenvalue weighted by atomic mass is 10.1. The number of hydrogen-bond acceptors (Lipinski definition) is 6. The van der Waals surface area contributed by atoms with Crippen molar-refractivity contribution in [1.29, 1.82) is 0 Å². The van der Waals surface area contributed by atoms with Gasteiger partial charge in [-0.3, -0.25) is 10.1 Å². The molecule has 0 aliphatic carbocycles. The van der Waals surface area contributed by atoms with Crippen LogP contribution >= 0.6 is 22.9 Å². The second kappa shape index (κ2) is 7.90. The van der Waals surface area contributed by atoms with Crippen LogP contribution in [0.3, 0.4) is 0 Å². The standard InChI is InChI=1S/C18H11ClN2O4S/c19-15-5-2-1-4-14(15)18(22)25-20-17(16-6-3-11-26-16)12-7-9-13(10-8-12)21(23)24/h1-11H. The van der Waals surface area contributed by atoms with Gasteiger partial charge in [-0.15, -0.1) is 11.3 Å². The molecule has 8 heteroatoms. The summed E-state index contributed by atoms with van der Waals surface area (Å²) in [6.45, 7) is 0. The van der Waals surface area contributed by atoms with Gasteiger partial charge in [0.1, 0.15) is 5.71 Å². The third kappa shape index (κ3) is 3.96. The van der Waals surface area contributed by atoms with E-state index in [9.17, 15) is 14.9 Å². The van der Waals surface area contributed by atoms with Crippen LogP contribution < -0.4 is 0 Å². The molecular weight excluding hydrogens is 376 g/mol. The Kier molecular flexibility index (Phi) is 5.40. The van der Waals surface area contributed by atoms with Gasteiger partial charge in [0.05, 0.1) is 20.4 Å². The van der Waals surface area contributed by atoms with Crippen LogP contribution in [0, 0.1) is 10.1 Å². The van der Waals surface area contributed by atoms with Crippen LogP contribution in [0.1, 0.15) is 20.8 Å². The maximum atomic E-state index is 12.2. The molecular formula is C18H11ClN2O4S. The van der Waals surface area contributed by atoms with E-state index in [0.717, 1.165) is 4.88 Å². The van der Waals surface area contributed by atoms with Crippen molar-refractivity contribution in [2.75, 3.05) is 0 Å². The van der Waals surface area contributed by atoms with Gasteiger partial charge in [0.2, 0.25) is 0 Å². The molecule has 130 valence electrons. The summed E-state index contributed by atoms with van der Waals surface area (Å²) in [4.78, 5) is 28.4. The van der Waals surface area contributed by atoms with Crippen LogP contribution in [0.25, 0.3) is 0 Å². The van der Waals surface area contributed by atoms with Crippen molar-refractivity contribution >= 4 is 40.3 Å². The molecule has 0 saturated heterocycles. The molecule has 2 aromatic carbocycles. The summed E-state index contributed by atoms with van der Waals surface area (Å²) in [5, 5.41) is 16.9. The Bertz CT molecular complexity index is 969. The van der Waals surface area contributed by atoms with E-state index < -0.39 is 10.9 Å². The zero-order chi connectivity index (χ0) is 18.5. The molecule has 3 aromatic rings. The van der Waals surface area contributed by atoms with Gasteiger partial charge in [0, 0.05) is 17.7 Å². The topological polar surface area (TPSA) is 81.8 Å². The highest BCUT2D eigenvalue weighted by Crippen LogP contribution is 2.21. The quantitative estimate of drug-likeness (QED) is 0.270. The highest BCUT2D eigenvalue weighted by Gasteiger charge is 2.15. The van der Waals surface area contributed by atoms with Crippen molar-refractivity contribution in [3.05, 3.63) is 97.2 Å². The lowest BCUT2D eigenvalue weighted by Gasteiger charge is -2.05. The number of nitro groups is 1. The molecule has 0 aliphatic rings. The number of rotatable bonds is 5. The maximum absolute atomic E-state index is 12.2. The molecule has 0 amide bonds. The minimum Gasteiger partial charge on any atom is -0.312 e. The third-order valence-corrected chi connectivity index (χ3v) is 4.63. The number of hydrogen-bond donors (Lipinski definition) is 0. The van der Waals surface area contributed by atoms with Gasteiger partial charge >= 0.3 is 5.97 Å². The molecule has 6 nitrogen and oxygen atoms in total. The zero-order valence-corrected chi connectivity index (χ0v) is 14.7. The van der Waals surface area contributed by atoms with Gasteiger partial charge in [0.15, 0.2) is 0 Å². The molecule has 0 spiro atoms. The van der Waals surface area contributed by atoms with Gasteiger partial charge < -0.3 is 4.84 Å². The predicted octanol–water partition coefficient (Wildman–Crippen LogP) is 4.92. The minimum atomic E-state index is -0.688. The number of carbonyl (C=O) groups is 1. The van der Waals surface area contributed by atoms with Crippen LogP contribution in [0.4, 0.5) is 5.69 Å². The van der Waals surface area contributed by atoms with Crippen LogP contribution in [0.5, 0.6) is 0 Å². The monoisotopic (exact) mass is 386 g/mol. The Morgan fingerprint density at radius 3 is 2.42 bits per heavy atom. The first kappa shape index (κ1) is 17.8. The van der Waals surface area contributed by atoms with E-state index in [2.05, 4.69) is 5.16 Å². The number of carbonyl (C=O) groups excluding carboxylic acids is 1. The Morgan fingerprint density at radius 1 is 1.08 bits per heavy atom. The average molecular weight is 387 g/mol. The fourth-order valence-corrected chi connectivity index (χ4v) is 3.10. The number of nitrogens with zero attached hydrogens (tertiary/aromatic N) is 2. The minimum absolute atomic E-state index is 0.0349. The number of non-ortho nitro benzene ring substituents is 1. The largest absolute Gasteiger partial charge is 0.367 e. The van der Waals surface area contributed by atoms with Gasteiger partial charge in [0.25, 0.3) is 5.69 Å². The number of benzene rings is 2. The van der Waals surface area contributed by atoms with Gasteiger partial charge in [-0.2, -0.15) is 0 Å². The van der Waals surface area contributed by atoms with Crippen molar-refractivity contribution in [3.63, 3.8) is 0 Å². The molecule has 0 radical (unpaired) electrons. The first-order chi connectivity index (χ1) is 12.6. The number of halogens is 1. The summed E-state index contributed by atoms with van der Waals surface area (Å²) in [6, 6.07) is 16.0. The number of nitro benzene ring substituents is 1. The maximum Gasteiger partial charge on any atom is 0.367 e. The van der Waals surface area contributed by atoms with Crippen LogP contribution in [-0.4, -0.2) is 16.6 Å². The third-order valence-electron chi connectivity index (χ3n) is 3.42. The normalized spacial score (nSPS) is 11.2. The summed E-state index contributed by atoms with van der Waals surface area (Å²) in [5.41, 5.74) is 1.15. The second-order valence-electron chi connectivity index (χ2n) is 5.08. The first-order valence-corrected chi connectivity index (χ1v) is 8.64. The van der Waals surface area contributed by atoms with E-state index in [1.54, 1.807) is 30.3 Å². The Balaban J connectivity index is 1.92. The second-order valence-corrected chi connectivity index (χ2v) is 6.43. The fourth-order valence-electron chi connectivity index (χ4n) is 2.16. The molecule has 1 aromatic heterocycles. The van der Waals surface area contributed by atoms with E-state index in [4.69, 9.17) is 16.4 Å². The van der Waals surface area contributed by atoms with Crippen molar-refractivity contribution < 1.29 is 14.6 Å². The van der Waals surface area contributed by atoms with Crippen molar-refractivity contribution in [1.82, 2.24) is 0 Å². The molecule has 1 heterocycles. The fraction of sp³-hybridized carbons (Fsp3) is 0. The van der Waals surface area contributed by atoms with Crippen LogP contribution in [-0.2, 0) is 4.84 Å². The molecule has 0 fully saturated rings. The summed E-state index contributed by atoms with van der Waals surface area (Å²) in [5.74, 6) is -0.688. The highest BCUT2D eigenvalue weighted by molar-refractivity contribution is 7.12. The van der Waals surface area contributed by atoms with E-state index in [1.807, 2.05) is 17.5 Å². The molecule has 26 heavy (non-hydrogen) atoms. The molecule has 0 unspecified atom stereocenters. The van der Waals surface area contributed by atoms with Crippen LogP contribution in [0.15, 0.2) is 71.2 Å². The summed E-state index contributed by atoms with van der Waals surface area (Å²) >= 11 is 7.39. The van der Waals surface area contributed by atoms with E-state index in [1.165, 1.54) is 29.5 Å². The summed E-state index contributed by atoms with van der Waals surface area (Å²) in [6.07, 6.45) is 0. The lowest BCUT2D eigenvalue weighted by molar-refractivity contribution is -0.384. The Morgan fingerprint density at radius 2 is 1.81 bits per heavy atom. The Labute approximate surface area is 157 Å². The average Bonchev–Trinajstić information content (AvgIpc) is 3.17. The molecule has 0 bridgehead atoms. The van der Waals surface area contributed by atoms with E-state index >= 15 is 0 Å². The number of thiophene rings is 1. The number of oxime groups is 1. The molecule has 3 rings (SSSR count). The zero-order valence-electron chi connectivity index (χ0n) is 13.2. The van der Waals surface area contributed by atoms with Gasteiger partial charge in [-0.25, -0.2) is 4.79 Å². The van der Waals surface area contributed by atoms with Gasteiger partial charge in [-0.1, -0.05) is 35.0 Å². The Hall–Kier alpha value is -3.03. The van der Waals surface area contributed by atoms with Crippen molar-refractivity contribution in [3.8, 4) is 0 Å². The van der Waals surface area contributed by atoms with Crippen LogP contribution in [0.2, 0.25) is 5.02 Å².